The van der Waals surface area contributed by atoms with Gasteiger partial charge in [-0.1, -0.05) is 6.92 Å². The molecule has 0 bridgehead atoms. The van der Waals surface area contributed by atoms with Gasteiger partial charge in [0.25, 0.3) is 0 Å². The molecule has 0 aliphatic carbocycles. The van der Waals surface area contributed by atoms with E-state index < -0.39 is 0 Å². The highest BCUT2D eigenvalue weighted by molar-refractivity contribution is 7.71. The Bertz CT molecular complexity index is 366. The number of carbonyl (C=O) groups is 1. The van der Waals surface area contributed by atoms with Crippen LogP contribution in [0.4, 0.5) is 0 Å². The second kappa shape index (κ2) is 4.95. The topological polar surface area (TPSA) is 49.8 Å². The third kappa shape index (κ3) is 2.99. The highest BCUT2D eigenvalue weighted by Gasteiger charge is 2.02. The van der Waals surface area contributed by atoms with E-state index in [1.54, 1.807) is 4.57 Å². The Kier molecular flexibility index (Phi) is 3.88. The van der Waals surface area contributed by atoms with Crippen molar-refractivity contribution < 1.29 is 4.79 Å². The summed E-state index contributed by atoms with van der Waals surface area (Å²) in [6.07, 6.45) is 2.79. The molecule has 0 saturated carbocycles. The standard InChI is InChI=1S/C9H15N3OS/c1-3-4-10-8(13)6-12-5-7(2)11-9(12)14/h5H,3-4,6H2,1-2H3,(H,10,13)(H,11,14). The summed E-state index contributed by atoms with van der Waals surface area (Å²) in [5.41, 5.74) is 0.971. The van der Waals surface area contributed by atoms with Gasteiger partial charge in [-0.15, -0.1) is 0 Å². The van der Waals surface area contributed by atoms with E-state index in [-0.39, 0.29) is 5.91 Å². The summed E-state index contributed by atoms with van der Waals surface area (Å²) in [6, 6.07) is 0. The maximum atomic E-state index is 11.3. The minimum absolute atomic E-state index is 0.00181. The fourth-order valence-corrected chi connectivity index (χ4v) is 1.44. The number of aromatic amines is 1. The van der Waals surface area contributed by atoms with E-state index in [1.807, 2.05) is 20.0 Å². The zero-order valence-corrected chi connectivity index (χ0v) is 9.28. The fourth-order valence-electron chi connectivity index (χ4n) is 1.16. The minimum Gasteiger partial charge on any atom is -0.355 e. The number of aromatic nitrogens is 2. The van der Waals surface area contributed by atoms with Crippen LogP contribution in [0.1, 0.15) is 19.0 Å². The van der Waals surface area contributed by atoms with Crippen LogP contribution < -0.4 is 5.32 Å². The number of amides is 1. The molecule has 0 aliphatic rings. The molecule has 1 aromatic rings. The van der Waals surface area contributed by atoms with Crippen LogP contribution in [0.2, 0.25) is 0 Å². The molecule has 0 fully saturated rings. The molecule has 4 nitrogen and oxygen atoms in total. The molecule has 1 heterocycles. The van der Waals surface area contributed by atoms with E-state index in [9.17, 15) is 4.79 Å². The van der Waals surface area contributed by atoms with Crippen molar-refractivity contribution in [2.75, 3.05) is 6.54 Å². The number of rotatable bonds is 4. The third-order valence-corrected chi connectivity index (χ3v) is 2.14. The molecular formula is C9H15N3OS. The smallest absolute Gasteiger partial charge is 0.240 e. The average Bonchev–Trinajstić information content (AvgIpc) is 2.42. The van der Waals surface area contributed by atoms with E-state index in [0.717, 1.165) is 18.7 Å². The van der Waals surface area contributed by atoms with Gasteiger partial charge in [0.1, 0.15) is 6.54 Å². The van der Waals surface area contributed by atoms with Crippen LogP contribution in [0, 0.1) is 11.7 Å². The average molecular weight is 213 g/mol. The summed E-state index contributed by atoms with van der Waals surface area (Å²) in [5, 5.41) is 2.80. The predicted molar refractivity (Wildman–Crippen MR) is 57.7 cm³/mol. The van der Waals surface area contributed by atoms with Crippen molar-refractivity contribution in [1.29, 1.82) is 0 Å². The van der Waals surface area contributed by atoms with Crippen molar-refractivity contribution in [2.24, 2.45) is 0 Å². The highest BCUT2D eigenvalue weighted by atomic mass is 32.1. The Balaban J connectivity index is 2.56. The van der Waals surface area contributed by atoms with Gasteiger partial charge in [0.05, 0.1) is 0 Å². The van der Waals surface area contributed by atoms with Gasteiger partial charge in [0.2, 0.25) is 5.91 Å². The summed E-state index contributed by atoms with van der Waals surface area (Å²) in [7, 11) is 0. The van der Waals surface area contributed by atoms with Gasteiger partial charge in [-0.2, -0.15) is 0 Å². The Morgan fingerprint density at radius 3 is 2.93 bits per heavy atom. The first-order valence-corrected chi connectivity index (χ1v) is 5.07. The zero-order valence-electron chi connectivity index (χ0n) is 8.46. The molecule has 14 heavy (non-hydrogen) atoms. The van der Waals surface area contributed by atoms with E-state index >= 15 is 0 Å². The second-order valence-electron chi connectivity index (χ2n) is 3.22. The Morgan fingerprint density at radius 1 is 1.71 bits per heavy atom. The molecule has 5 heteroatoms. The van der Waals surface area contributed by atoms with Crippen LogP contribution in [-0.4, -0.2) is 22.0 Å². The van der Waals surface area contributed by atoms with Crippen LogP contribution in [0.5, 0.6) is 0 Å². The number of nitrogens with one attached hydrogen (secondary N) is 2. The van der Waals surface area contributed by atoms with Crippen molar-refractivity contribution in [3.05, 3.63) is 16.7 Å². The van der Waals surface area contributed by atoms with Crippen LogP contribution in [0.25, 0.3) is 0 Å². The summed E-state index contributed by atoms with van der Waals surface area (Å²) in [4.78, 5) is 14.3. The van der Waals surface area contributed by atoms with Crippen molar-refractivity contribution >= 4 is 18.1 Å². The van der Waals surface area contributed by atoms with E-state index in [2.05, 4.69) is 10.3 Å². The fraction of sp³-hybridized carbons (Fsp3) is 0.556. The number of imidazole rings is 1. The Labute approximate surface area is 88.3 Å². The number of hydrogen-bond acceptors (Lipinski definition) is 2. The number of carbonyl (C=O) groups excluding carboxylic acids is 1. The van der Waals surface area contributed by atoms with Gasteiger partial charge < -0.3 is 14.9 Å². The molecule has 2 N–H and O–H groups in total. The SMILES string of the molecule is CCCNC(=O)Cn1cc(C)[nH]c1=S. The van der Waals surface area contributed by atoms with Crippen LogP contribution in [-0.2, 0) is 11.3 Å². The summed E-state index contributed by atoms with van der Waals surface area (Å²) in [6.45, 7) is 4.95. The maximum absolute atomic E-state index is 11.3. The first kappa shape index (κ1) is 11.0. The summed E-state index contributed by atoms with van der Waals surface area (Å²) < 4.78 is 2.32. The molecule has 78 valence electrons. The monoisotopic (exact) mass is 213 g/mol. The van der Waals surface area contributed by atoms with Gasteiger partial charge in [0, 0.05) is 18.4 Å². The normalized spacial score (nSPS) is 10.1. The molecule has 0 spiro atoms. The van der Waals surface area contributed by atoms with Crippen molar-refractivity contribution in [3.8, 4) is 0 Å². The summed E-state index contributed by atoms with van der Waals surface area (Å²) in [5.74, 6) is 0.00181. The molecule has 0 aliphatic heterocycles. The van der Waals surface area contributed by atoms with E-state index in [0.29, 0.717) is 11.3 Å². The number of H-pyrrole nitrogens is 1. The molecular weight excluding hydrogens is 198 g/mol. The van der Waals surface area contributed by atoms with Crippen LogP contribution in [0.15, 0.2) is 6.20 Å². The minimum atomic E-state index is 0.00181. The highest BCUT2D eigenvalue weighted by Crippen LogP contribution is 1.96. The molecule has 0 atom stereocenters. The molecule has 0 aromatic carbocycles. The van der Waals surface area contributed by atoms with E-state index in [1.165, 1.54) is 0 Å². The number of aryl methyl sites for hydroxylation is 1. The van der Waals surface area contributed by atoms with Crippen molar-refractivity contribution in [1.82, 2.24) is 14.9 Å². The zero-order chi connectivity index (χ0) is 10.6. The molecule has 1 rings (SSSR count). The van der Waals surface area contributed by atoms with Gasteiger partial charge in [0.15, 0.2) is 4.77 Å². The van der Waals surface area contributed by atoms with Gasteiger partial charge in [-0.25, -0.2) is 0 Å². The number of nitrogens with zero attached hydrogens (tertiary/aromatic N) is 1. The van der Waals surface area contributed by atoms with Crippen LogP contribution in [0.3, 0.4) is 0 Å². The van der Waals surface area contributed by atoms with Gasteiger partial charge in [-0.05, 0) is 25.6 Å². The van der Waals surface area contributed by atoms with Gasteiger partial charge in [-0.3, -0.25) is 4.79 Å². The quantitative estimate of drug-likeness (QED) is 0.742. The Morgan fingerprint density at radius 2 is 2.43 bits per heavy atom. The van der Waals surface area contributed by atoms with Crippen molar-refractivity contribution in [2.45, 2.75) is 26.8 Å². The lowest BCUT2D eigenvalue weighted by Gasteiger charge is -2.03. The molecule has 0 saturated heterocycles. The maximum Gasteiger partial charge on any atom is 0.240 e. The lowest BCUT2D eigenvalue weighted by atomic mass is 10.4. The lowest BCUT2D eigenvalue weighted by molar-refractivity contribution is -0.121. The first-order valence-electron chi connectivity index (χ1n) is 4.66. The molecule has 1 amide bonds. The Hall–Kier alpha value is -1.10. The van der Waals surface area contributed by atoms with Crippen molar-refractivity contribution in [3.63, 3.8) is 0 Å². The predicted octanol–water partition coefficient (Wildman–Crippen LogP) is 1.38. The van der Waals surface area contributed by atoms with Crippen LogP contribution >= 0.6 is 12.2 Å². The summed E-state index contributed by atoms with van der Waals surface area (Å²) >= 11 is 5.03. The second-order valence-corrected chi connectivity index (χ2v) is 3.61. The largest absolute Gasteiger partial charge is 0.355 e. The molecule has 0 radical (unpaired) electrons. The third-order valence-electron chi connectivity index (χ3n) is 1.80. The lowest BCUT2D eigenvalue weighted by Crippen LogP contribution is -2.27. The van der Waals surface area contributed by atoms with Gasteiger partial charge >= 0.3 is 0 Å². The molecule has 0 unspecified atom stereocenters. The molecule has 1 aromatic heterocycles. The van der Waals surface area contributed by atoms with E-state index in [4.69, 9.17) is 12.2 Å². The first-order chi connectivity index (χ1) is 6.63. The number of hydrogen-bond donors (Lipinski definition) is 2.